The maximum absolute atomic E-state index is 12.8. The van der Waals surface area contributed by atoms with Gasteiger partial charge in [-0.1, -0.05) is 42.5 Å². The topological polar surface area (TPSA) is 95.7 Å². The number of piperazine rings is 1. The molecule has 5 rings (SSSR count). The lowest BCUT2D eigenvalue weighted by Gasteiger charge is -2.35. The lowest BCUT2D eigenvalue weighted by atomic mass is 10.1. The Bertz CT molecular complexity index is 1280. The number of anilines is 1. The first-order valence-electron chi connectivity index (χ1n) is 11.3. The lowest BCUT2D eigenvalue weighted by molar-refractivity contribution is -0.130. The zero-order chi connectivity index (χ0) is 23.3. The van der Waals surface area contributed by atoms with Gasteiger partial charge in [-0.25, -0.2) is 0 Å². The van der Waals surface area contributed by atoms with E-state index in [0.29, 0.717) is 50.4 Å². The molecule has 0 saturated carbocycles. The smallest absolute Gasteiger partial charge is 0.251 e. The second kappa shape index (κ2) is 9.70. The van der Waals surface area contributed by atoms with E-state index in [-0.39, 0.29) is 11.8 Å². The highest BCUT2D eigenvalue weighted by molar-refractivity contribution is 5.94. The predicted octanol–water partition coefficient (Wildman–Crippen LogP) is 1.95. The number of hydrogen-bond donors (Lipinski definition) is 1. The average molecular weight is 456 g/mol. The van der Waals surface area contributed by atoms with E-state index >= 15 is 0 Å². The molecule has 9 nitrogen and oxygen atoms in total. The van der Waals surface area contributed by atoms with Gasteiger partial charge in [-0.2, -0.15) is 4.52 Å². The van der Waals surface area contributed by atoms with Gasteiger partial charge < -0.3 is 15.1 Å². The highest BCUT2D eigenvalue weighted by Crippen LogP contribution is 2.15. The van der Waals surface area contributed by atoms with Gasteiger partial charge in [0.15, 0.2) is 5.65 Å². The van der Waals surface area contributed by atoms with E-state index in [2.05, 4.69) is 25.5 Å². The molecule has 2 aromatic heterocycles. The van der Waals surface area contributed by atoms with Crippen molar-refractivity contribution in [1.82, 2.24) is 30.0 Å². The molecule has 9 heteroatoms. The molecule has 1 saturated heterocycles. The summed E-state index contributed by atoms with van der Waals surface area (Å²) < 4.78 is 1.65. The maximum atomic E-state index is 12.8. The van der Waals surface area contributed by atoms with Crippen LogP contribution in [0.1, 0.15) is 21.5 Å². The fraction of sp³-hybridized carbons (Fsp3) is 0.240. The van der Waals surface area contributed by atoms with Gasteiger partial charge in [-0.3, -0.25) is 9.59 Å². The van der Waals surface area contributed by atoms with E-state index in [4.69, 9.17) is 0 Å². The molecule has 0 unspecified atom stereocenters. The summed E-state index contributed by atoms with van der Waals surface area (Å²) in [5, 5.41) is 15.3. The Kier molecular flexibility index (Phi) is 6.15. The van der Waals surface area contributed by atoms with Gasteiger partial charge in [0.1, 0.15) is 12.1 Å². The van der Waals surface area contributed by atoms with Crippen molar-refractivity contribution in [2.24, 2.45) is 0 Å². The standard InChI is InChI=1S/C25H25N7O2/c33-24(31-14-12-30(13-15-31)23-11-10-22-28-27-18-32(22)29-23)16-19-6-8-21(9-7-19)25(34)26-17-20-4-2-1-3-5-20/h1-11,18H,12-17H2,(H,26,34). The van der Waals surface area contributed by atoms with Crippen molar-refractivity contribution in [2.45, 2.75) is 13.0 Å². The van der Waals surface area contributed by atoms with Gasteiger partial charge in [0.05, 0.1) is 6.42 Å². The minimum atomic E-state index is -0.129. The van der Waals surface area contributed by atoms with E-state index in [9.17, 15) is 9.59 Å². The van der Waals surface area contributed by atoms with Crippen molar-refractivity contribution in [3.63, 3.8) is 0 Å². The first-order valence-corrected chi connectivity index (χ1v) is 11.3. The molecule has 4 aromatic rings. The molecule has 2 amide bonds. The van der Waals surface area contributed by atoms with Gasteiger partial charge in [0, 0.05) is 38.3 Å². The van der Waals surface area contributed by atoms with Crippen LogP contribution in [0.15, 0.2) is 73.1 Å². The quantitative estimate of drug-likeness (QED) is 0.478. The van der Waals surface area contributed by atoms with Crippen molar-refractivity contribution in [2.75, 3.05) is 31.1 Å². The zero-order valence-electron chi connectivity index (χ0n) is 18.7. The lowest BCUT2D eigenvalue weighted by Crippen LogP contribution is -2.49. The predicted molar refractivity (Wildman–Crippen MR) is 127 cm³/mol. The van der Waals surface area contributed by atoms with Crippen LogP contribution in [-0.4, -0.2) is 62.7 Å². The van der Waals surface area contributed by atoms with Crippen LogP contribution in [0.4, 0.5) is 5.82 Å². The molecule has 1 fully saturated rings. The summed E-state index contributed by atoms with van der Waals surface area (Å²) in [5.41, 5.74) is 3.23. The van der Waals surface area contributed by atoms with Crippen molar-refractivity contribution >= 4 is 23.3 Å². The summed E-state index contributed by atoms with van der Waals surface area (Å²) in [6.45, 7) is 3.19. The second-order valence-electron chi connectivity index (χ2n) is 8.24. The Balaban J connectivity index is 1.11. The number of hydrogen-bond acceptors (Lipinski definition) is 6. The van der Waals surface area contributed by atoms with Gasteiger partial charge in [-0.05, 0) is 35.4 Å². The number of carbonyl (C=O) groups excluding carboxylic acids is 2. The summed E-state index contributed by atoms with van der Waals surface area (Å²) in [5.74, 6) is 0.805. The maximum Gasteiger partial charge on any atom is 0.251 e. The molecule has 0 spiro atoms. The number of rotatable bonds is 6. The van der Waals surface area contributed by atoms with Crippen molar-refractivity contribution in [3.8, 4) is 0 Å². The molecule has 0 atom stereocenters. The van der Waals surface area contributed by atoms with Crippen LogP contribution in [-0.2, 0) is 17.8 Å². The van der Waals surface area contributed by atoms with Crippen LogP contribution < -0.4 is 10.2 Å². The highest BCUT2D eigenvalue weighted by Gasteiger charge is 2.22. The van der Waals surface area contributed by atoms with E-state index in [1.807, 2.05) is 59.5 Å². The van der Waals surface area contributed by atoms with Gasteiger partial charge in [0.2, 0.25) is 5.91 Å². The normalized spacial score (nSPS) is 13.8. The average Bonchev–Trinajstić information content (AvgIpc) is 3.36. The molecule has 3 heterocycles. The Morgan fingerprint density at radius 3 is 2.38 bits per heavy atom. The monoisotopic (exact) mass is 455 g/mol. The number of benzene rings is 2. The van der Waals surface area contributed by atoms with Crippen LogP contribution in [0.5, 0.6) is 0 Å². The molecule has 2 aromatic carbocycles. The number of fused-ring (bicyclic) bond motifs is 1. The number of nitrogens with zero attached hydrogens (tertiary/aromatic N) is 6. The number of amides is 2. The SMILES string of the molecule is O=C(NCc1ccccc1)c1ccc(CC(=O)N2CCN(c3ccc4nncn4n3)CC2)cc1. The summed E-state index contributed by atoms with van der Waals surface area (Å²) in [4.78, 5) is 29.3. The van der Waals surface area contributed by atoms with Crippen LogP contribution >= 0.6 is 0 Å². The summed E-state index contributed by atoms with van der Waals surface area (Å²) in [6, 6.07) is 20.8. The van der Waals surface area contributed by atoms with E-state index in [1.54, 1.807) is 23.0 Å². The molecule has 34 heavy (non-hydrogen) atoms. The largest absolute Gasteiger partial charge is 0.352 e. The third-order valence-corrected chi connectivity index (χ3v) is 5.97. The fourth-order valence-electron chi connectivity index (χ4n) is 4.01. The highest BCUT2D eigenvalue weighted by atomic mass is 16.2. The Labute approximate surface area is 197 Å². The molecular weight excluding hydrogens is 430 g/mol. The molecule has 1 aliphatic heterocycles. The van der Waals surface area contributed by atoms with E-state index in [0.717, 1.165) is 16.9 Å². The summed E-state index contributed by atoms with van der Waals surface area (Å²) in [6.07, 6.45) is 1.90. The van der Waals surface area contributed by atoms with Gasteiger partial charge in [0.25, 0.3) is 5.91 Å². The minimum absolute atomic E-state index is 0.0862. The molecule has 0 bridgehead atoms. The Morgan fingerprint density at radius 2 is 1.62 bits per heavy atom. The van der Waals surface area contributed by atoms with E-state index < -0.39 is 0 Å². The number of aromatic nitrogens is 4. The van der Waals surface area contributed by atoms with Crippen molar-refractivity contribution < 1.29 is 9.59 Å². The van der Waals surface area contributed by atoms with Crippen LogP contribution in [0.25, 0.3) is 5.65 Å². The first kappa shape index (κ1) is 21.6. The summed E-state index contributed by atoms with van der Waals surface area (Å²) in [7, 11) is 0. The van der Waals surface area contributed by atoms with Gasteiger partial charge >= 0.3 is 0 Å². The number of carbonyl (C=O) groups is 2. The number of nitrogens with one attached hydrogen (secondary N) is 1. The van der Waals surface area contributed by atoms with Crippen LogP contribution in [0.2, 0.25) is 0 Å². The van der Waals surface area contributed by atoms with Crippen LogP contribution in [0.3, 0.4) is 0 Å². The fourth-order valence-corrected chi connectivity index (χ4v) is 4.01. The van der Waals surface area contributed by atoms with Crippen LogP contribution in [0, 0.1) is 0 Å². The third kappa shape index (κ3) is 4.88. The van der Waals surface area contributed by atoms with Gasteiger partial charge in [-0.15, -0.1) is 15.3 Å². The zero-order valence-corrected chi connectivity index (χ0v) is 18.7. The summed E-state index contributed by atoms with van der Waals surface area (Å²) >= 11 is 0. The molecule has 1 aliphatic rings. The molecule has 1 N–H and O–H groups in total. The molecule has 172 valence electrons. The van der Waals surface area contributed by atoms with E-state index in [1.165, 1.54) is 0 Å². The second-order valence-corrected chi connectivity index (χ2v) is 8.24. The van der Waals surface area contributed by atoms with Crippen molar-refractivity contribution in [1.29, 1.82) is 0 Å². The molecule has 0 radical (unpaired) electrons. The molecular formula is C25H25N7O2. The minimum Gasteiger partial charge on any atom is -0.352 e. The third-order valence-electron chi connectivity index (χ3n) is 5.97. The molecule has 0 aliphatic carbocycles. The van der Waals surface area contributed by atoms with Crippen molar-refractivity contribution in [3.05, 3.63) is 89.7 Å². The first-order chi connectivity index (χ1) is 16.7. The Morgan fingerprint density at radius 1 is 0.853 bits per heavy atom. The Hall–Kier alpha value is -4.27.